The Morgan fingerprint density at radius 2 is 1.74 bits per heavy atom. The minimum Gasteiger partial charge on any atom is -0.489 e. The molecule has 0 saturated carbocycles. The molecular weight excluding hydrogens is 335 g/mol. The smallest absolute Gasteiger partial charge is 0.336 e. The van der Waals surface area contributed by atoms with Gasteiger partial charge in [-0.2, -0.15) is 0 Å². The summed E-state index contributed by atoms with van der Waals surface area (Å²) in [6.07, 6.45) is 0. The lowest BCUT2D eigenvalue weighted by molar-refractivity contribution is 0.306. The third kappa shape index (κ3) is 3.36. The van der Waals surface area contributed by atoms with Crippen molar-refractivity contribution < 1.29 is 9.15 Å². The summed E-state index contributed by atoms with van der Waals surface area (Å²) in [4.78, 5) is 11.7. The predicted molar refractivity (Wildman–Crippen MR) is 92.8 cm³/mol. The van der Waals surface area contributed by atoms with Gasteiger partial charge in [-0.3, -0.25) is 0 Å². The van der Waals surface area contributed by atoms with Crippen molar-refractivity contribution in [3.8, 4) is 5.75 Å². The fourth-order valence-corrected chi connectivity index (χ4v) is 2.62. The third-order valence-electron chi connectivity index (χ3n) is 3.63. The summed E-state index contributed by atoms with van der Waals surface area (Å²) in [6.45, 7) is 4.01. The van der Waals surface area contributed by atoms with Crippen molar-refractivity contribution in [2.45, 2.75) is 20.5 Å². The van der Waals surface area contributed by atoms with Crippen LogP contribution in [0.25, 0.3) is 11.0 Å². The van der Waals surface area contributed by atoms with E-state index in [1.165, 1.54) is 6.07 Å². The van der Waals surface area contributed by atoms with E-state index < -0.39 is 5.63 Å². The maximum Gasteiger partial charge on any atom is 0.336 e. The molecule has 3 aromatic rings. The molecule has 1 heterocycles. The Morgan fingerprint density at radius 3 is 2.48 bits per heavy atom. The molecule has 0 amide bonds. The van der Waals surface area contributed by atoms with E-state index in [1.807, 2.05) is 19.9 Å². The molecule has 0 fully saturated rings. The molecule has 3 rings (SSSR count). The number of rotatable bonds is 3. The number of aryl methyl sites for hydroxylation is 2. The second kappa shape index (κ2) is 6.26. The second-order valence-electron chi connectivity index (χ2n) is 5.39. The molecule has 2 aromatic carbocycles. The van der Waals surface area contributed by atoms with E-state index in [0.717, 1.165) is 22.1 Å². The molecule has 1 aromatic heterocycles. The van der Waals surface area contributed by atoms with Gasteiger partial charge in [0, 0.05) is 27.1 Å². The fraction of sp³-hybridized carbons (Fsp3) is 0.167. The third-order valence-corrected chi connectivity index (χ3v) is 4.46. The molecule has 0 aliphatic rings. The second-order valence-corrected chi connectivity index (χ2v) is 6.20. The molecule has 0 unspecified atom stereocenters. The van der Waals surface area contributed by atoms with Gasteiger partial charge < -0.3 is 9.15 Å². The highest BCUT2D eigenvalue weighted by Gasteiger charge is 2.09. The summed E-state index contributed by atoms with van der Waals surface area (Å²) in [5, 5.41) is 2.08. The maximum absolute atomic E-state index is 11.7. The number of halogens is 2. The standard InChI is InChI=1S/C18H14Cl2O3/c1-10-5-13(3-4-15(10)19)22-9-12-7-18(21)23-17-6-11(2)16(20)8-14(12)17/h3-8H,9H2,1-2H3. The average Bonchev–Trinajstić information content (AvgIpc) is 2.50. The summed E-state index contributed by atoms with van der Waals surface area (Å²) in [5.41, 5.74) is 2.61. The van der Waals surface area contributed by atoms with Crippen molar-refractivity contribution in [3.05, 3.63) is 73.6 Å². The van der Waals surface area contributed by atoms with Crippen molar-refractivity contribution in [1.82, 2.24) is 0 Å². The quantitative estimate of drug-likeness (QED) is 0.603. The minimum atomic E-state index is -0.412. The summed E-state index contributed by atoms with van der Waals surface area (Å²) < 4.78 is 11.0. The molecule has 5 heteroatoms. The van der Waals surface area contributed by atoms with Crippen molar-refractivity contribution in [1.29, 1.82) is 0 Å². The Balaban J connectivity index is 1.97. The van der Waals surface area contributed by atoms with Gasteiger partial charge in [0.15, 0.2) is 0 Å². The first-order valence-corrected chi connectivity index (χ1v) is 7.81. The van der Waals surface area contributed by atoms with Crippen LogP contribution >= 0.6 is 23.2 Å². The first kappa shape index (κ1) is 15.9. The highest BCUT2D eigenvalue weighted by molar-refractivity contribution is 6.32. The molecule has 0 aliphatic carbocycles. The van der Waals surface area contributed by atoms with Crippen molar-refractivity contribution >= 4 is 34.2 Å². The van der Waals surface area contributed by atoms with Gasteiger partial charge in [0.1, 0.15) is 17.9 Å². The van der Waals surface area contributed by atoms with Crippen LogP contribution < -0.4 is 10.4 Å². The Hall–Kier alpha value is -1.97. The number of fused-ring (bicyclic) bond motifs is 1. The zero-order valence-corrected chi connectivity index (χ0v) is 14.2. The topological polar surface area (TPSA) is 39.4 Å². The number of hydrogen-bond donors (Lipinski definition) is 0. The van der Waals surface area contributed by atoms with E-state index in [-0.39, 0.29) is 6.61 Å². The molecule has 23 heavy (non-hydrogen) atoms. The zero-order chi connectivity index (χ0) is 16.6. The molecule has 3 nitrogen and oxygen atoms in total. The lowest BCUT2D eigenvalue weighted by Crippen LogP contribution is -2.04. The summed E-state index contributed by atoms with van der Waals surface area (Å²) in [5.74, 6) is 0.687. The summed E-state index contributed by atoms with van der Waals surface area (Å²) in [7, 11) is 0. The maximum atomic E-state index is 11.7. The zero-order valence-electron chi connectivity index (χ0n) is 12.7. The van der Waals surface area contributed by atoms with Crippen LogP contribution in [0.15, 0.2) is 45.6 Å². The van der Waals surface area contributed by atoms with E-state index in [0.29, 0.717) is 21.4 Å². The number of ether oxygens (including phenoxy) is 1. The van der Waals surface area contributed by atoms with Crippen molar-refractivity contribution in [3.63, 3.8) is 0 Å². The minimum absolute atomic E-state index is 0.239. The molecular formula is C18H14Cl2O3. The Morgan fingerprint density at radius 1 is 1.00 bits per heavy atom. The van der Waals surface area contributed by atoms with Gasteiger partial charge in [0.2, 0.25) is 0 Å². The molecule has 0 saturated heterocycles. The monoisotopic (exact) mass is 348 g/mol. The number of benzene rings is 2. The Labute approximate surface area is 143 Å². The first-order valence-electron chi connectivity index (χ1n) is 7.06. The van der Waals surface area contributed by atoms with Gasteiger partial charge >= 0.3 is 5.63 Å². The molecule has 118 valence electrons. The molecule has 0 atom stereocenters. The van der Waals surface area contributed by atoms with Crippen LogP contribution in [-0.2, 0) is 6.61 Å². The van der Waals surface area contributed by atoms with Gasteiger partial charge in [-0.1, -0.05) is 23.2 Å². The summed E-state index contributed by atoms with van der Waals surface area (Å²) >= 11 is 12.2. The largest absolute Gasteiger partial charge is 0.489 e. The van der Waals surface area contributed by atoms with Crippen LogP contribution in [0.3, 0.4) is 0 Å². The van der Waals surface area contributed by atoms with E-state index in [1.54, 1.807) is 24.3 Å². The van der Waals surface area contributed by atoms with Crippen LogP contribution in [0.2, 0.25) is 10.0 Å². The molecule has 0 N–H and O–H groups in total. The van der Waals surface area contributed by atoms with Crippen LogP contribution in [0.4, 0.5) is 0 Å². The van der Waals surface area contributed by atoms with E-state index in [2.05, 4.69) is 0 Å². The number of hydrogen-bond acceptors (Lipinski definition) is 3. The van der Waals surface area contributed by atoms with Gasteiger partial charge in [0.05, 0.1) is 0 Å². The summed E-state index contributed by atoms with van der Waals surface area (Å²) in [6, 6.07) is 10.4. The predicted octanol–water partition coefficient (Wildman–Crippen LogP) is 5.30. The molecule has 0 radical (unpaired) electrons. The molecule has 0 aliphatic heterocycles. The van der Waals surface area contributed by atoms with Gasteiger partial charge in [-0.25, -0.2) is 4.79 Å². The lowest BCUT2D eigenvalue weighted by atomic mass is 10.1. The van der Waals surface area contributed by atoms with E-state index in [4.69, 9.17) is 32.4 Å². The highest BCUT2D eigenvalue weighted by atomic mass is 35.5. The van der Waals surface area contributed by atoms with E-state index >= 15 is 0 Å². The first-order chi connectivity index (χ1) is 10.9. The Kier molecular flexibility index (Phi) is 4.33. The van der Waals surface area contributed by atoms with Crippen LogP contribution in [-0.4, -0.2) is 0 Å². The van der Waals surface area contributed by atoms with Gasteiger partial charge in [-0.05, 0) is 55.3 Å². The average molecular weight is 349 g/mol. The van der Waals surface area contributed by atoms with Crippen LogP contribution in [0, 0.1) is 13.8 Å². The van der Waals surface area contributed by atoms with E-state index in [9.17, 15) is 4.79 Å². The Bertz CT molecular complexity index is 945. The van der Waals surface area contributed by atoms with Crippen LogP contribution in [0.5, 0.6) is 5.75 Å². The van der Waals surface area contributed by atoms with Crippen molar-refractivity contribution in [2.24, 2.45) is 0 Å². The fourth-order valence-electron chi connectivity index (χ4n) is 2.34. The SMILES string of the molecule is Cc1cc(OCc2cc(=O)oc3cc(C)c(Cl)cc23)ccc1Cl. The van der Waals surface area contributed by atoms with Crippen LogP contribution in [0.1, 0.15) is 16.7 Å². The molecule has 0 spiro atoms. The van der Waals surface area contributed by atoms with Crippen molar-refractivity contribution in [2.75, 3.05) is 0 Å². The van der Waals surface area contributed by atoms with Gasteiger partial charge in [0.25, 0.3) is 0 Å². The highest BCUT2D eigenvalue weighted by Crippen LogP contribution is 2.27. The normalized spacial score (nSPS) is 11.0. The molecule has 0 bridgehead atoms. The van der Waals surface area contributed by atoms with Gasteiger partial charge in [-0.15, -0.1) is 0 Å². The lowest BCUT2D eigenvalue weighted by Gasteiger charge is -2.10.